The SMILES string of the molecule is CCNC(CC)c1ccccc1Oc1cc(Br)ccc1Cl. The van der Waals surface area contributed by atoms with Gasteiger partial charge < -0.3 is 10.1 Å². The van der Waals surface area contributed by atoms with Gasteiger partial charge in [-0.25, -0.2) is 0 Å². The minimum Gasteiger partial charge on any atom is -0.455 e. The second-order valence-electron chi connectivity index (χ2n) is 4.73. The molecule has 1 unspecified atom stereocenters. The molecule has 0 heterocycles. The first-order chi connectivity index (χ1) is 10.2. The van der Waals surface area contributed by atoms with E-state index in [1.807, 2.05) is 36.4 Å². The largest absolute Gasteiger partial charge is 0.455 e. The molecule has 0 aromatic heterocycles. The van der Waals surface area contributed by atoms with Gasteiger partial charge in [0, 0.05) is 16.1 Å². The first kappa shape index (κ1) is 16.3. The van der Waals surface area contributed by atoms with Gasteiger partial charge in [-0.2, -0.15) is 0 Å². The molecule has 0 aliphatic carbocycles. The molecule has 0 aliphatic heterocycles. The summed E-state index contributed by atoms with van der Waals surface area (Å²) in [6.45, 7) is 5.19. The molecule has 0 radical (unpaired) electrons. The Bertz CT molecular complexity index is 603. The van der Waals surface area contributed by atoms with Crippen molar-refractivity contribution in [2.75, 3.05) is 6.54 Å². The molecule has 2 nitrogen and oxygen atoms in total. The maximum absolute atomic E-state index is 6.21. The summed E-state index contributed by atoms with van der Waals surface area (Å²) in [5, 5.41) is 4.08. The van der Waals surface area contributed by atoms with Crippen LogP contribution in [0.1, 0.15) is 31.9 Å². The first-order valence-electron chi connectivity index (χ1n) is 7.10. The lowest BCUT2D eigenvalue weighted by atomic mass is 10.0. The van der Waals surface area contributed by atoms with Crippen molar-refractivity contribution in [3.05, 3.63) is 57.5 Å². The fourth-order valence-corrected chi connectivity index (χ4v) is 2.75. The van der Waals surface area contributed by atoms with Gasteiger partial charge in [-0.15, -0.1) is 0 Å². The van der Waals surface area contributed by atoms with Crippen molar-refractivity contribution < 1.29 is 4.74 Å². The summed E-state index contributed by atoms with van der Waals surface area (Å²) in [4.78, 5) is 0. The minimum absolute atomic E-state index is 0.275. The molecule has 2 rings (SSSR count). The molecule has 0 saturated carbocycles. The molecular formula is C17H19BrClNO. The molecule has 1 atom stereocenters. The maximum Gasteiger partial charge on any atom is 0.147 e. The van der Waals surface area contributed by atoms with Crippen LogP contribution in [0.4, 0.5) is 0 Å². The van der Waals surface area contributed by atoms with Crippen molar-refractivity contribution in [1.82, 2.24) is 5.32 Å². The van der Waals surface area contributed by atoms with E-state index in [-0.39, 0.29) is 6.04 Å². The maximum atomic E-state index is 6.21. The lowest BCUT2D eigenvalue weighted by Gasteiger charge is -2.20. The number of hydrogen-bond donors (Lipinski definition) is 1. The van der Waals surface area contributed by atoms with E-state index in [9.17, 15) is 0 Å². The average molecular weight is 369 g/mol. The molecule has 4 heteroatoms. The summed E-state index contributed by atoms with van der Waals surface area (Å²) in [5.41, 5.74) is 1.15. The topological polar surface area (TPSA) is 21.3 Å². The van der Waals surface area contributed by atoms with E-state index in [1.165, 1.54) is 0 Å². The Morgan fingerprint density at radius 2 is 1.90 bits per heavy atom. The van der Waals surface area contributed by atoms with Gasteiger partial charge in [-0.05, 0) is 37.2 Å². The number of ether oxygens (including phenoxy) is 1. The van der Waals surface area contributed by atoms with E-state index in [2.05, 4.69) is 41.2 Å². The molecule has 0 spiro atoms. The summed E-state index contributed by atoms with van der Waals surface area (Å²) in [7, 11) is 0. The van der Waals surface area contributed by atoms with Gasteiger partial charge in [0.05, 0.1) is 5.02 Å². The zero-order chi connectivity index (χ0) is 15.2. The van der Waals surface area contributed by atoms with Gasteiger partial charge in [-0.1, -0.05) is 59.6 Å². The lowest BCUT2D eigenvalue weighted by Crippen LogP contribution is -2.20. The van der Waals surface area contributed by atoms with Gasteiger partial charge >= 0.3 is 0 Å². The standard InChI is InChI=1S/C17H19BrClNO/c1-3-15(20-4-2)13-7-5-6-8-16(13)21-17-11-12(18)9-10-14(17)19/h5-11,15,20H,3-4H2,1-2H3. The number of nitrogens with one attached hydrogen (secondary N) is 1. The van der Waals surface area contributed by atoms with Crippen LogP contribution in [0.5, 0.6) is 11.5 Å². The quantitative estimate of drug-likeness (QED) is 0.679. The van der Waals surface area contributed by atoms with Crippen LogP contribution in [-0.4, -0.2) is 6.54 Å². The summed E-state index contributed by atoms with van der Waals surface area (Å²) in [6, 6.07) is 14.0. The molecule has 1 N–H and O–H groups in total. The van der Waals surface area contributed by atoms with Crippen molar-refractivity contribution in [2.24, 2.45) is 0 Å². The van der Waals surface area contributed by atoms with Crippen LogP contribution in [0.25, 0.3) is 0 Å². The van der Waals surface area contributed by atoms with Crippen molar-refractivity contribution in [1.29, 1.82) is 0 Å². The third-order valence-electron chi connectivity index (χ3n) is 3.27. The van der Waals surface area contributed by atoms with Crippen molar-refractivity contribution >= 4 is 27.5 Å². The van der Waals surface area contributed by atoms with Gasteiger partial charge in [0.25, 0.3) is 0 Å². The Morgan fingerprint density at radius 3 is 2.62 bits per heavy atom. The molecule has 21 heavy (non-hydrogen) atoms. The van der Waals surface area contributed by atoms with Crippen LogP contribution in [0.15, 0.2) is 46.9 Å². The minimum atomic E-state index is 0.275. The first-order valence-corrected chi connectivity index (χ1v) is 8.28. The molecule has 2 aromatic rings. The highest BCUT2D eigenvalue weighted by Crippen LogP contribution is 2.35. The van der Waals surface area contributed by atoms with Gasteiger partial charge in [0.15, 0.2) is 0 Å². The van der Waals surface area contributed by atoms with Gasteiger partial charge in [0.2, 0.25) is 0 Å². The Balaban J connectivity index is 2.33. The van der Waals surface area contributed by atoms with Gasteiger partial charge in [0.1, 0.15) is 11.5 Å². The second-order valence-corrected chi connectivity index (χ2v) is 6.06. The molecule has 0 bridgehead atoms. The fourth-order valence-electron chi connectivity index (χ4n) is 2.26. The normalized spacial score (nSPS) is 12.2. The summed E-state index contributed by atoms with van der Waals surface area (Å²) < 4.78 is 6.99. The molecule has 2 aromatic carbocycles. The lowest BCUT2D eigenvalue weighted by molar-refractivity contribution is 0.453. The predicted molar refractivity (Wildman–Crippen MR) is 92.4 cm³/mol. The fraction of sp³-hybridized carbons (Fsp3) is 0.294. The number of hydrogen-bond acceptors (Lipinski definition) is 2. The second kappa shape index (κ2) is 7.83. The Labute approximate surface area is 139 Å². The third kappa shape index (κ3) is 4.22. The van der Waals surface area contributed by atoms with E-state index < -0.39 is 0 Å². The summed E-state index contributed by atoms with van der Waals surface area (Å²) >= 11 is 9.66. The van der Waals surface area contributed by atoms with E-state index in [4.69, 9.17) is 16.3 Å². The summed E-state index contributed by atoms with van der Waals surface area (Å²) in [5.74, 6) is 1.50. The van der Waals surface area contributed by atoms with Crippen molar-refractivity contribution in [2.45, 2.75) is 26.3 Å². The number of halogens is 2. The highest BCUT2D eigenvalue weighted by atomic mass is 79.9. The Morgan fingerprint density at radius 1 is 1.14 bits per heavy atom. The van der Waals surface area contributed by atoms with Crippen molar-refractivity contribution in [3.8, 4) is 11.5 Å². The third-order valence-corrected chi connectivity index (χ3v) is 4.07. The van der Waals surface area contributed by atoms with Crippen LogP contribution in [0, 0.1) is 0 Å². The highest BCUT2D eigenvalue weighted by molar-refractivity contribution is 9.10. The van der Waals surface area contributed by atoms with Crippen molar-refractivity contribution in [3.63, 3.8) is 0 Å². The zero-order valence-corrected chi connectivity index (χ0v) is 14.5. The van der Waals surface area contributed by atoms with Crippen LogP contribution < -0.4 is 10.1 Å². The smallest absolute Gasteiger partial charge is 0.147 e. The van der Waals surface area contributed by atoms with Crippen LogP contribution >= 0.6 is 27.5 Å². The number of benzene rings is 2. The van der Waals surface area contributed by atoms with Crippen LogP contribution in [-0.2, 0) is 0 Å². The van der Waals surface area contributed by atoms with E-state index in [1.54, 1.807) is 0 Å². The molecule has 0 saturated heterocycles. The number of rotatable bonds is 6. The zero-order valence-electron chi connectivity index (χ0n) is 12.2. The monoisotopic (exact) mass is 367 g/mol. The Hall–Kier alpha value is -1.03. The van der Waals surface area contributed by atoms with E-state index in [0.717, 1.165) is 28.8 Å². The molecule has 112 valence electrons. The molecule has 0 fully saturated rings. The Kier molecular flexibility index (Phi) is 6.09. The van der Waals surface area contributed by atoms with E-state index >= 15 is 0 Å². The van der Waals surface area contributed by atoms with E-state index in [0.29, 0.717) is 10.8 Å². The predicted octanol–water partition coefficient (Wildman–Crippen LogP) is 5.96. The molecule has 0 aliphatic rings. The van der Waals surface area contributed by atoms with Gasteiger partial charge in [-0.3, -0.25) is 0 Å². The molecule has 0 amide bonds. The average Bonchev–Trinajstić information content (AvgIpc) is 2.49. The highest BCUT2D eigenvalue weighted by Gasteiger charge is 2.14. The number of para-hydroxylation sites is 1. The van der Waals surface area contributed by atoms with Crippen LogP contribution in [0.3, 0.4) is 0 Å². The molecular weight excluding hydrogens is 350 g/mol. The summed E-state index contributed by atoms with van der Waals surface area (Å²) in [6.07, 6.45) is 1.00. The van der Waals surface area contributed by atoms with Crippen LogP contribution in [0.2, 0.25) is 5.02 Å².